The largest absolute Gasteiger partial charge is 0.573 e. The van der Waals surface area contributed by atoms with Gasteiger partial charge in [-0.1, -0.05) is 4.59 Å². The molecule has 1 aromatic carbocycles. The molecule has 0 saturated heterocycles. The number of guanidine groups is 1. The third-order valence-electron chi connectivity index (χ3n) is 3.67. The minimum atomic E-state index is -4.74. The molecule has 1 N–H and O–H groups in total. The molecule has 1 atom stereocenters. The summed E-state index contributed by atoms with van der Waals surface area (Å²) in [7, 11) is 0. The first kappa shape index (κ1) is 16.8. The topological polar surface area (TPSA) is 84.1 Å². The van der Waals surface area contributed by atoms with E-state index in [0.29, 0.717) is 17.2 Å². The minimum absolute atomic E-state index is 0.0953. The van der Waals surface area contributed by atoms with Crippen LogP contribution < -0.4 is 14.6 Å². The summed E-state index contributed by atoms with van der Waals surface area (Å²) in [6.07, 6.45) is 4.76. The van der Waals surface area contributed by atoms with Crippen molar-refractivity contribution in [1.29, 1.82) is 0 Å². The van der Waals surface area contributed by atoms with Gasteiger partial charge < -0.3 is 10.1 Å². The molecule has 2 aliphatic rings. The van der Waals surface area contributed by atoms with Crippen LogP contribution in [0, 0.1) is 0 Å². The Balaban J connectivity index is 1.59. The average molecular weight is 374 g/mol. The van der Waals surface area contributed by atoms with Crippen molar-refractivity contribution in [3.8, 4) is 5.75 Å². The van der Waals surface area contributed by atoms with Crippen molar-refractivity contribution >= 4 is 29.4 Å². The average Bonchev–Trinajstić information content (AvgIpc) is 3.02. The van der Waals surface area contributed by atoms with Crippen molar-refractivity contribution in [2.75, 3.05) is 5.32 Å². The number of hydrogen-bond acceptors (Lipinski definition) is 7. The Bertz CT molecular complexity index is 968. The number of hydrogen-bond donors (Lipinski definition) is 1. The summed E-state index contributed by atoms with van der Waals surface area (Å²) in [6.45, 7) is 0. The molecular formula is C16H11F3N7O+. The highest BCUT2D eigenvalue weighted by Crippen LogP contribution is 2.30. The van der Waals surface area contributed by atoms with Crippen LogP contribution in [0.3, 0.4) is 0 Å². The van der Waals surface area contributed by atoms with Crippen molar-refractivity contribution in [3.63, 3.8) is 0 Å². The number of nitrogens with one attached hydrogen (secondary N) is 1. The molecule has 0 aliphatic carbocycles. The van der Waals surface area contributed by atoms with E-state index < -0.39 is 6.36 Å². The lowest BCUT2D eigenvalue weighted by Gasteiger charge is -2.22. The predicted molar refractivity (Wildman–Crippen MR) is 93.1 cm³/mol. The second-order valence-corrected chi connectivity index (χ2v) is 5.45. The Morgan fingerprint density at radius 2 is 1.78 bits per heavy atom. The quantitative estimate of drug-likeness (QED) is 0.837. The van der Waals surface area contributed by atoms with Gasteiger partial charge in [0.25, 0.3) is 11.8 Å². The van der Waals surface area contributed by atoms with Crippen LogP contribution in [0.15, 0.2) is 70.5 Å². The molecule has 136 valence electrons. The Morgan fingerprint density at radius 3 is 2.48 bits per heavy atom. The van der Waals surface area contributed by atoms with Gasteiger partial charge in [0.2, 0.25) is 5.69 Å². The summed E-state index contributed by atoms with van der Waals surface area (Å²) in [5.41, 5.74) is 1.15. The molecule has 1 unspecified atom stereocenters. The summed E-state index contributed by atoms with van der Waals surface area (Å²) < 4.78 is 40.5. The number of alkyl halides is 3. The van der Waals surface area contributed by atoms with Crippen LogP contribution in [0.5, 0.6) is 5.75 Å². The van der Waals surface area contributed by atoms with Gasteiger partial charge in [-0.25, -0.2) is 9.97 Å². The second-order valence-electron chi connectivity index (χ2n) is 5.45. The molecule has 2 aliphatic heterocycles. The first-order chi connectivity index (χ1) is 12.9. The van der Waals surface area contributed by atoms with Crippen LogP contribution in [0.25, 0.3) is 0 Å². The monoisotopic (exact) mass is 374 g/mol. The number of fused-ring (bicyclic) bond motifs is 1. The molecule has 0 radical (unpaired) electrons. The molecule has 0 fully saturated rings. The number of quaternary nitrogens is 1. The lowest BCUT2D eigenvalue weighted by Crippen LogP contribution is -2.44. The fraction of sp³-hybridized carbons (Fsp3) is 0.0625. The number of amidine groups is 1. The molecule has 11 heteroatoms. The maximum atomic E-state index is 12.2. The number of aromatic nitrogens is 2. The van der Waals surface area contributed by atoms with Gasteiger partial charge in [-0.15, -0.1) is 13.2 Å². The van der Waals surface area contributed by atoms with Gasteiger partial charge in [0.1, 0.15) is 18.3 Å². The van der Waals surface area contributed by atoms with Crippen LogP contribution in [0.4, 0.5) is 24.5 Å². The van der Waals surface area contributed by atoms with E-state index in [9.17, 15) is 13.2 Å². The highest BCUT2D eigenvalue weighted by Gasteiger charge is 2.43. The Labute approximate surface area is 150 Å². The van der Waals surface area contributed by atoms with Crippen molar-refractivity contribution in [1.82, 2.24) is 14.6 Å². The first-order valence-corrected chi connectivity index (χ1v) is 7.62. The zero-order valence-corrected chi connectivity index (χ0v) is 13.5. The molecule has 1 aromatic heterocycles. The number of aliphatic imine (C=N–C) groups is 2. The fourth-order valence-electron chi connectivity index (χ4n) is 2.54. The minimum Gasteiger partial charge on any atom is -0.406 e. The normalized spacial score (nSPS) is 20.7. The highest BCUT2D eigenvalue weighted by atomic mass is 19.4. The first-order valence-electron chi connectivity index (χ1n) is 7.62. The van der Waals surface area contributed by atoms with Gasteiger partial charge in [-0.2, -0.15) is 4.99 Å². The number of nitrogens with zero attached hydrogens (tertiary/aromatic N) is 6. The molecular weight excluding hydrogens is 363 g/mol. The van der Waals surface area contributed by atoms with Crippen molar-refractivity contribution in [3.05, 3.63) is 55.4 Å². The number of ether oxygens (including phenoxy) is 1. The van der Waals surface area contributed by atoms with E-state index >= 15 is 0 Å². The van der Waals surface area contributed by atoms with Crippen molar-refractivity contribution in [2.45, 2.75) is 6.36 Å². The number of anilines is 1. The zero-order valence-electron chi connectivity index (χ0n) is 13.5. The second kappa shape index (κ2) is 6.29. The van der Waals surface area contributed by atoms with Gasteiger partial charge in [-0.05, 0) is 29.4 Å². The SMILES string of the molecule is FC(F)(F)Oc1ccc(NC2=N[N+]3(c4cncnc4)C=CN=CC3=N2)cc1. The molecule has 4 rings (SSSR count). The van der Waals surface area contributed by atoms with E-state index in [2.05, 4.69) is 35.1 Å². The Kier molecular flexibility index (Phi) is 3.92. The summed E-state index contributed by atoms with van der Waals surface area (Å²) in [6, 6.07) is 5.26. The molecule has 8 nitrogen and oxygen atoms in total. The number of benzene rings is 1. The van der Waals surface area contributed by atoms with Crippen LogP contribution >= 0.6 is 0 Å². The maximum Gasteiger partial charge on any atom is 0.573 e. The molecule has 0 amide bonds. The lowest BCUT2D eigenvalue weighted by molar-refractivity contribution is -0.274. The summed E-state index contributed by atoms with van der Waals surface area (Å²) in [5, 5.41) is 7.51. The lowest BCUT2D eigenvalue weighted by atomic mass is 10.3. The molecule has 3 heterocycles. The van der Waals surface area contributed by atoms with E-state index in [0.717, 1.165) is 0 Å². The van der Waals surface area contributed by atoms with Gasteiger partial charge in [0.05, 0.1) is 18.6 Å². The molecule has 2 aromatic rings. The molecule has 27 heavy (non-hydrogen) atoms. The Morgan fingerprint density at radius 1 is 1.04 bits per heavy atom. The molecule has 0 spiro atoms. The standard InChI is InChI=1S/C16H11F3N7O/c17-16(18,19)27-13-3-1-11(2-4-13)23-15-24-14-9-20-5-6-26(14,25-15)12-7-21-10-22-8-12/h1-10H,(H,23,25)/q+1. The third-order valence-corrected chi connectivity index (χ3v) is 3.67. The van der Waals surface area contributed by atoms with Gasteiger partial charge in [0.15, 0.2) is 6.20 Å². The summed E-state index contributed by atoms with van der Waals surface area (Å²) in [5.74, 6) is 0.466. The molecule has 0 saturated carbocycles. The van der Waals surface area contributed by atoms with Crippen LogP contribution in [0.2, 0.25) is 0 Å². The van der Waals surface area contributed by atoms with Gasteiger partial charge in [0, 0.05) is 5.69 Å². The number of rotatable bonds is 3. The summed E-state index contributed by atoms with van der Waals surface area (Å²) >= 11 is 0. The number of halogens is 3. The maximum absolute atomic E-state index is 12.2. The van der Waals surface area contributed by atoms with Crippen molar-refractivity contribution < 1.29 is 17.9 Å². The zero-order chi connectivity index (χ0) is 18.9. The van der Waals surface area contributed by atoms with Gasteiger partial charge >= 0.3 is 6.36 Å². The Hall–Kier alpha value is -3.60. The van der Waals surface area contributed by atoms with Crippen LogP contribution in [0.1, 0.15) is 0 Å². The smallest absolute Gasteiger partial charge is 0.406 e. The van der Waals surface area contributed by atoms with E-state index in [-0.39, 0.29) is 16.3 Å². The van der Waals surface area contributed by atoms with E-state index in [1.54, 1.807) is 31.0 Å². The fourth-order valence-corrected chi connectivity index (χ4v) is 2.54. The summed E-state index contributed by atoms with van der Waals surface area (Å²) in [4.78, 5) is 16.5. The van der Waals surface area contributed by atoms with Gasteiger partial charge in [-0.3, -0.25) is 4.99 Å². The highest BCUT2D eigenvalue weighted by molar-refractivity contribution is 6.38. The molecule has 0 bridgehead atoms. The van der Waals surface area contributed by atoms with Crippen molar-refractivity contribution in [2.24, 2.45) is 15.1 Å². The van der Waals surface area contributed by atoms with E-state index in [1.165, 1.54) is 30.6 Å². The van der Waals surface area contributed by atoms with E-state index in [4.69, 9.17) is 0 Å². The third kappa shape index (κ3) is 3.40. The van der Waals surface area contributed by atoms with Crippen LogP contribution in [-0.2, 0) is 0 Å². The van der Waals surface area contributed by atoms with E-state index in [1.807, 2.05) is 0 Å². The predicted octanol–water partition coefficient (Wildman–Crippen LogP) is 3.03. The van der Waals surface area contributed by atoms with Crippen LogP contribution in [-0.4, -0.2) is 34.3 Å².